The second-order valence-corrected chi connectivity index (χ2v) is 8.90. The first-order valence-electron chi connectivity index (χ1n) is 6.92. The van der Waals surface area contributed by atoms with Crippen LogP contribution in [0.25, 0.3) is 10.7 Å². The van der Waals surface area contributed by atoms with Gasteiger partial charge >= 0.3 is 0 Å². The maximum Gasteiger partial charge on any atom is 0.270 e. The first kappa shape index (κ1) is 16.9. The van der Waals surface area contributed by atoms with E-state index in [2.05, 4.69) is 10.9 Å². The van der Waals surface area contributed by atoms with E-state index in [1.54, 1.807) is 25.1 Å². The molecule has 2 aromatic rings. The summed E-state index contributed by atoms with van der Waals surface area (Å²) in [6, 6.07) is 7.02. The number of rotatable bonds is 3. The first-order chi connectivity index (χ1) is 11.4. The molecule has 0 unspecified atom stereocenters. The van der Waals surface area contributed by atoms with Crippen LogP contribution in [0.3, 0.4) is 0 Å². The third-order valence-corrected chi connectivity index (χ3v) is 7.45. The minimum atomic E-state index is -4.00. The van der Waals surface area contributed by atoms with Crippen molar-refractivity contribution in [2.45, 2.75) is 11.3 Å². The van der Waals surface area contributed by atoms with Crippen molar-refractivity contribution in [3.05, 3.63) is 40.3 Å². The zero-order chi connectivity index (χ0) is 17.5. The number of benzene rings is 1. The molecule has 0 amide bonds. The molecule has 0 aliphatic carbocycles. The molecule has 1 aliphatic rings. The van der Waals surface area contributed by atoms with Crippen molar-refractivity contribution in [2.24, 2.45) is 0 Å². The van der Waals surface area contributed by atoms with E-state index in [1.807, 2.05) is 12.3 Å². The molecule has 0 spiro atoms. The second kappa shape index (κ2) is 6.16. The number of nitrogens with zero attached hydrogens (tertiary/aromatic N) is 2. The van der Waals surface area contributed by atoms with E-state index in [-0.39, 0.29) is 23.0 Å². The van der Waals surface area contributed by atoms with Gasteiger partial charge in [0.15, 0.2) is 15.9 Å². The van der Waals surface area contributed by atoms with Crippen LogP contribution in [0.4, 0.5) is 5.82 Å². The average molecular weight is 379 g/mol. The predicted molar refractivity (Wildman–Crippen MR) is 99.6 cm³/mol. The highest BCUT2D eigenvalue weighted by Gasteiger charge is 2.41. The summed E-state index contributed by atoms with van der Waals surface area (Å²) in [5, 5.41) is 10.7. The normalized spacial score (nSPS) is 16.0. The van der Waals surface area contributed by atoms with Crippen LogP contribution in [-0.4, -0.2) is 31.3 Å². The number of aromatic nitrogens is 1. The molecule has 5 nitrogen and oxygen atoms in total. The highest BCUT2D eigenvalue weighted by Crippen LogP contribution is 2.46. The number of aryl methyl sites for hydroxylation is 1. The van der Waals surface area contributed by atoms with E-state index in [4.69, 9.17) is 6.42 Å². The fourth-order valence-electron chi connectivity index (χ4n) is 2.49. The Morgan fingerprint density at radius 2 is 2.12 bits per heavy atom. The molecule has 0 saturated carbocycles. The molecular weight excluding hydrogens is 364 g/mol. The van der Waals surface area contributed by atoms with E-state index in [1.165, 1.54) is 23.1 Å². The van der Waals surface area contributed by atoms with Gasteiger partial charge in [0.1, 0.15) is 9.78 Å². The summed E-state index contributed by atoms with van der Waals surface area (Å²) in [7, 11) is -4.00. The van der Waals surface area contributed by atoms with Gasteiger partial charge in [-0.1, -0.05) is 41.9 Å². The predicted octanol–water partition coefficient (Wildman–Crippen LogP) is 3.34. The Balaban J connectivity index is 2.36. The Kier molecular flexibility index (Phi) is 4.34. The summed E-state index contributed by atoms with van der Waals surface area (Å²) in [6.45, 7) is 1.65. The summed E-state index contributed by atoms with van der Waals surface area (Å²) >= 11 is 2.63. The van der Waals surface area contributed by atoms with Gasteiger partial charge in [0.25, 0.3) is 10.0 Å². The van der Waals surface area contributed by atoms with Gasteiger partial charge in [0, 0.05) is 5.56 Å². The number of hydrogen-bond donors (Lipinski definition) is 1. The van der Waals surface area contributed by atoms with E-state index in [0.717, 1.165) is 9.87 Å². The highest BCUT2D eigenvalue weighted by molar-refractivity contribution is 8.02. The Morgan fingerprint density at radius 3 is 2.75 bits per heavy atom. The van der Waals surface area contributed by atoms with Gasteiger partial charge in [-0.05, 0) is 18.7 Å². The number of aliphatic hydroxyl groups is 1. The minimum Gasteiger partial charge on any atom is -0.505 e. The largest absolute Gasteiger partial charge is 0.505 e. The van der Waals surface area contributed by atoms with Crippen LogP contribution in [0, 0.1) is 19.3 Å². The lowest BCUT2D eigenvalue weighted by Gasteiger charge is -2.27. The third kappa shape index (κ3) is 2.49. The summed E-state index contributed by atoms with van der Waals surface area (Å²) < 4.78 is 27.9. The van der Waals surface area contributed by atoms with E-state index in [9.17, 15) is 13.5 Å². The van der Waals surface area contributed by atoms with Crippen LogP contribution in [0.2, 0.25) is 0 Å². The quantitative estimate of drug-likeness (QED) is 0.655. The molecule has 1 N–H and O–H groups in total. The lowest BCUT2D eigenvalue weighted by Crippen LogP contribution is -2.35. The van der Waals surface area contributed by atoms with Crippen molar-refractivity contribution in [3.63, 3.8) is 0 Å². The number of sulfonamides is 1. The number of hydrogen-bond acceptors (Lipinski definition) is 6. The minimum absolute atomic E-state index is 0.125. The van der Waals surface area contributed by atoms with Crippen molar-refractivity contribution in [2.75, 3.05) is 17.1 Å². The zero-order valence-electron chi connectivity index (χ0n) is 13.0. The number of terminal acetylenes is 1. The molecule has 24 heavy (non-hydrogen) atoms. The fourth-order valence-corrected chi connectivity index (χ4v) is 5.80. The van der Waals surface area contributed by atoms with Gasteiger partial charge in [-0.2, -0.15) is 0 Å². The maximum atomic E-state index is 13.1. The molecule has 1 aliphatic heterocycles. The molecule has 0 radical (unpaired) electrons. The number of thioether (sulfide) groups is 1. The Bertz CT molecular complexity index is 984. The Labute approximate surface area is 149 Å². The third-order valence-electron chi connectivity index (χ3n) is 3.60. The van der Waals surface area contributed by atoms with Gasteiger partial charge in [0.05, 0.1) is 6.54 Å². The number of thiazole rings is 1. The van der Waals surface area contributed by atoms with Gasteiger partial charge in [-0.15, -0.1) is 17.8 Å². The molecule has 0 saturated heterocycles. The van der Waals surface area contributed by atoms with Gasteiger partial charge in [0.2, 0.25) is 0 Å². The molecule has 8 heteroatoms. The van der Waals surface area contributed by atoms with E-state index in [0.29, 0.717) is 14.8 Å². The summed E-state index contributed by atoms with van der Waals surface area (Å²) in [6.07, 6.45) is 7.20. The van der Waals surface area contributed by atoms with Gasteiger partial charge in [-0.3, -0.25) is 0 Å². The van der Waals surface area contributed by atoms with Crippen LogP contribution in [0.1, 0.15) is 16.0 Å². The van der Waals surface area contributed by atoms with Crippen molar-refractivity contribution in [1.82, 2.24) is 4.98 Å². The summed E-state index contributed by atoms with van der Waals surface area (Å²) in [4.78, 5) is 4.60. The molecule has 1 aromatic heterocycles. The summed E-state index contributed by atoms with van der Waals surface area (Å²) in [5.74, 6) is 2.28. The second-order valence-electron chi connectivity index (χ2n) is 5.05. The lowest BCUT2D eigenvalue weighted by atomic mass is 10.1. The van der Waals surface area contributed by atoms with E-state index >= 15 is 0 Å². The lowest BCUT2D eigenvalue weighted by molar-refractivity contribution is 0.514. The molecule has 2 heterocycles. The number of anilines is 1. The van der Waals surface area contributed by atoms with Gasteiger partial charge in [-0.25, -0.2) is 17.7 Å². The topological polar surface area (TPSA) is 70.5 Å². The van der Waals surface area contributed by atoms with Gasteiger partial charge < -0.3 is 5.11 Å². The fraction of sp³-hybridized carbons (Fsp3) is 0.188. The van der Waals surface area contributed by atoms with Crippen molar-refractivity contribution >= 4 is 49.6 Å². The van der Waals surface area contributed by atoms with Crippen LogP contribution in [0.5, 0.6) is 0 Å². The molecule has 1 aromatic carbocycles. The average Bonchev–Trinajstić information content (AvgIpc) is 2.97. The van der Waals surface area contributed by atoms with Crippen molar-refractivity contribution in [1.29, 1.82) is 0 Å². The van der Waals surface area contributed by atoms with Crippen molar-refractivity contribution < 1.29 is 13.5 Å². The molecule has 0 fully saturated rings. The molecule has 0 bridgehead atoms. The highest BCUT2D eigenvalue weighted by atomic mass is 32.2. The Hall–Kier alpha value is -1.95. The van der Waals surface area contributed by atoms with Crippen LogP contribution < -0.4 is 4.31 Å². The molecule has 0 atom stereocenters. The van der Waals surface area contributed by atoms with Crippen molar-refractivity contribution in [3.8, 4) is 12.3 Å². The maximum absolute atomic E-state index is 13.1. The smallest absolute Gasteiger partial charge is 0.270 e. The summed E-state index contributed by atoms with van der Waals surface area (Å²) in [5.41, 5.74) is 1.21. The monoisotopic (exact) mass is 378 g/mol. The molecule has 3 rings (SSSR count). The molecule has 124 valence electrons. The van der Waals surface area contributed by atoms with Crippen LogP contribution in [-0.2, 0) is 10.0 Å². The van der Waals surface area contributed by atoms with Crippen LogP contribution in [0.15, 0.2) is 28.6 Å². The zero-order valence-corrected chi connectivity index (χ0v) is 15.4. The Morgan fingerprint density at radius 1 is 1.42 bits per heavy atom. The first-order valence-corrected chi connectivity index (χ1v) is 10.4. The number of fused-ring (bicyclic) bond motifs is 1. The number of aliphatic hydroxyl groups excluding tert-OH is 1. The SMILES string of the molecule is C#CCN1c2nc(SC)sc2C(O)=C(c2ccccc2C)S1(=O)=O. The standard InChI is InChI=1S/C16H14N2O3S3/c1-4-9-18-15-13(23-16(17-15)22-3)12(19)14(24(18,20)21)11-8-6-5-7-10(11)2/h1,5-8,19H,9H2,2-3H3. The molecular formula is C16H14N2O3S3. The van der Waals surface area contributed by atoms with E-state index < -0.39 is 10.0 Å². The van der Waals surface area contributed by atoms with Crippen LogP contribution >= 0.6 is 23.1 Å².